The highest BCUT2D eigenvalue weighted by molar-refractivity contribution is 5.94. The van der Waals surface area contributed by atoms with Gasteiger partial charge in [-0.25, -0.2) is 0 Å². The molecule has 100 valence electrons. The topological polar surface area (TPSA) is 49.4 Å². The van der Waals surface area contributed by atoms with Crippen LogP contribution in [0.1, 0.15) is 29.6 Å². The Morgan fingerprint density at radius 3 is 2.42 bits per heavy atom. The van der Waals surface area contributed by atoms with Crippen molar-refractivity contribution >= 4 is 17.4 Å². The van der Waals surface area contributed by atoms with E-state index in [1.807, 2.05) is 12.1 Å². The quantitative estimate of drug-likeness (QED) is 0.906. The highest BCUT2D eigenvalue weighted by Gasteiger charge is 2.11. The number of rotatable bonds is 3. The molecular weight excluding hydrogens is 240 g/mol. The number of nitrogens with one attached hydrogen (secondary N) is 1. The van der Waals surface area contributed by atoms with Gasteiger partial charge in [0.25, 0.3) is 5.91 Å². The highest BCUT2D eigenvalue weighted by Crippen LogP contribution is 2.19. The van der Waals surface area contributed by atoms with Crippen molar-refractivity contribution in [2.45, 2.75) is 19.3 Å². The number of allylic oxidation sites excluding steroid dienone is 2. The van der Waals surface area contributed by atoms with Gasteiger partial charge in [0.2, 0.25) is 0 Å². The van der Waals surface area contributed by atoms with E-state index in [1.54, 1.807) is 37.2 Å². The van der Waals surface area contributed by atoms with Crippen LogP contribution in [0, 0.1) is 0 Å². The van der Waals surface area contributed by atoms with Crippen LogP contribution in [0.4, 0.5) is 5.69 Å². The predicted octanol–water partition coefficient (Wildman–Crippen LogP) is 2.44. The van der Waals surface area contributed by atoms with Crippen LogP contribution >= 0.6 is 0 Å². The number of anilines is 1. The Hall–Kier alpha value is -2.10. The standard InChI is InChI=1S/C15H18N2O2/c1-17(2)15(19)11-6-8-12(9-7-11)16-13-4-3-5-14(18)10-13/h6-10,16H,3-5H2,1-2H3. The van der Waals surface area contributed by atoms with Crippen LogP contribution in [-0.2, 0) is 4.79 Å². The first-order valence-electron chi connectivity index (χ1n) is 6.38. The van der Waals surface area contributed by atoms with Crippen LogP contribution in [0.3, 0.4) is 0 Å². The maximum absolute atomic E-state index is 11.7. The van der Waals surface area contributed by atoms with Gasteiger partial charge in [-0.15, -0.1) is 0 Å². The molecule has 4 nitrogen and oxygen atoms in total. The van der Waals surface area contributed by atoms with Gasteiger partial charge < -0.3 is 10.2 Å². The van der Waals surface area contributed by atoms with E-state index in [1.165, 1.54) is 0 Å². The molecule has 1 aromatic rings. The van der Waals surface area contributed by atoms with E-state index in [-0.39, 0.29) is 11.7 Å². The van der Waals surface area contributed by atoms with Crippen LogP contribution in [0.2, 0.25) is 0 Å². The fourth-order valence-electron chi connectivity index (χ4n) is 2.03. The van der Waals surface area contributed by atoms with Crippen molar-refractivity contribution in [3.05, 3.63) is 41.6 Å². The van der Waals surface area contributed by atoms with E-state index >= 15 is 0 Å². The summed E-state index contributed by atoms with van der Waals surface area (Å²) in [5.74, 6) is 0.159. The van der Waals surface area contributed by atoms with E-state index in [0.29, 0.717) is 12.0 Å². The van der Waals surface area contributed by atoms with Gasteiger partial charge in [0.1, 0.15) is 0 Å². The van der Waals surface area contributed by atoms with Crippen LogP contribution in [0.25, 0.3) is 0 Å². The molecule has 2 rings (SSSR count). The number of carbonyl (C=O) groups excluding carboxylic acids is 2. The molecular formula is C15H18N2O2. The number of amides is 1. The van der Waals surface area contributed by atoms with Crippen molar-refractivity contribution < 1.29 is 9.59 Å². The number of hydrogen-bond acceptors (Lipinski definition) is 3. The number of nitrogens with zero attached hydrogens (tertiary/aromatic N) is 1. The molecule has 1 aliphatic carbocycles. The second kappa shape index (κ2) is 5.69. The Kier molecular flexibility index (Phi) is 4.00. The van der Waals surface area contributed by atoms with Crippen LogP contribution < -0.4 is 5.32 Å². The minimum Gasteiger partial charge on any atom is -0.359 e. The van der Waals surface area contributed by atoms with Crippen molar-refractivity contribution in [2.75, 3.05) is 19.4 Å². The monoisotopic (exact) mass is 258 g/mol. The molecule has 0 bridgehead atoms. The first kappa shape index (κ1) is 13.3. The van der Waals surface area contributed by atoms with Crippen LogP contribution in [-0.4, -0.2) is 30.7 Å². The lowest BCUT2D eigenvalue weighted by molar-refractivity contribution is -0.115. The third-order valence-corrected chi connectivity index (χ3v) is 3.05. The second-order valence-electron chi connectivity index (χ2n) is 4.89. The molecule has 1 N–H and O–H groups in total. The first-order valence-corrected chi connectivity index (χ1v) is 6.38. The Balaban J connectivity index is 2.07. The molecule has 0 saturated carbocycles. The molecule has 0 unspecified atom stereocenters. The molecule has 19 heavy (non-hydrogen) atoms. The largest absolute Gasteiger partial charge is 0.359 e. The fraction of sp³-hybridized carbons (Fsp3) is 0.333. The van der Waals surface area contributed by atoms with Gasteiger partial charge in [0.05, 0.1) is 0 Å². The molecule has 0 saturated heterocycles. The average Bonchev–Trinajstić information content (AvgIpc) is 2.39. The van der Waals surface area contributed by atoms with Gasteiger partial charge in [0, 0.05) is 43.5 Å². The third kappa shape index (κ3) is 3.44. The molecule has 0 radical (unpaired) electrons. The van der Waals surface area contributed by atoms with Gasteiger partial charge >= 0.3 is 0 Å². The molecule has 1 aromatic carbocycles. The Morgan fingerprint density at radius 2 is 1.84 bits per heavy atom. The van der Waals surface area contributed by atoms with Gasteiger partial charge in [-0.05, 0) is 37.1 Å². The third-order valence-electron chi connectivity index (χ3n) is 3.05. The predicted molar refractivity (Wildman–Crippen MR) is 75.0 cm³/mol. The van der Waals surface area contributed by atoms with Crippen LogP contribution in [0.15, 0.2) is 36.0 Å². The SMILES string of the molecule is CN(C)C(=O)c1ccc(NC2=CC(=O)CCC2)cc1. The van der Waals surface area contributed by atoms with E-state index in [2.05, 4.69) is 5.32 Å². The molecule has 0 spiro atoms. The van der Waals surface area contributed by atoms with Crippen LogP contribution in [0.5, 0.6) is 0 Å². The Morgan fingerprint density at radius 1 is 1.16 bits per heavy atom. The summed E-state index contributed by atoms with van der Waals surface area (Å²) in [7, 11) is 3.46. The normalized spacial score (nSPS) is 14.8. The van der Waals surface area contributed by atoms with Gasteiger partial charge in [0.15, 0.2) is 5.78 Å². The minimum absolute atomic E-state index is 0.0152. The number of benzene rings is 1. The van der Waals surface area contributed by atoms with Gasteiger partial charge in [-0.2, -0.15) is 0 Å². The maximum Gasteiger partial charge on any atom is 0.253 e. The zero-order valence-electron chi connectivity index (χ0n) is 11.3. The summed E-state index contributed by atoms with van der Waals surface area (Å²) >= 11 is 0. The van der Waals surface area contributed by atoms with E-state index in [4.69, 9.17) is 0 Å². The zero-order valence-corrected chi connectivity index (χ0v) is 11.3. The number of carbonyl (C=O) groups is 2. The second-order valence-corrected chi connectivity index (χ2v) is 4.89. The highest BCUT2D eigenvalue weighted by atomic mass is 16.2. The molecule has 1 aliphatic rings. The summed E-state index contributed by atoms with van der Waals surface area (Å²) in [6, 6.07) is 7.29. The maximum atomic E-state index is 11.7. The summed E-state index contributed by atoms with van der Waals surface area (Å²) in [4.78, 5) is 24.6. The smallest absolute Gasteiger partial charge is 0.253 e. The fourth-order valence-corrected chi connectivity index (χ4v) is 2.03. The van der Waals surface area contributed by atoms with Gasteiger partial charge in [-0.1, -0.05) is 0 Å². The van der Waals surface area contributed by atoms with Crippen molar-refractivity contribution in [1.29, 1.82) is 0 Å². The summed E-state index contributed by atoms with van der Waals surface area (Å²) in [5.41, 5.74) is 2.50. The summed E-state index contributed by atoms with van der Waals surface area (Å²) < 4.78 is 0. The number of ketones is 1. The van der Waals surface area contributed by atoms with E-state index < -0.39 is 0 Å². The molecule has 0 aromatic heterocycles. The molecule has 0 fully saturated rings. The molecule has 0 heterocycles. The molecule has 1 amide bonds. The summed E-state index contributed by atoms with van der Waals surface area (Å²) in [6.45, 7) is 0. The molecule has 4 heteroatoms. The average molecular weight is 258 g/mol. The van der Waals surface area contributed by atoms with Gasteiger partial charge in [-0.3, -0.25) is 9.59 Å². The molecule has 0 atom stereocenters. The van der Waals surface area contributed by atoms with E-state index in [9.17, 15) is 9.59 Å². The van der Waals surface area contributed by atoms with Crippen molar-refractivity contribution in [1.82, 2.24) is 4.90 Å². The van der Waals surface area contributed by atoms with E-state index in [0.717, 1.165) is 24.2 Å². The Bertz CT molecular complexity index is 515. The lowest BCUT2D eigenvalue weighted by Crippen LogP contribution is -2.21. The lowest BCUT2D eigenvalue weighted by atomic mass is 10.0. The van der Waals surface area contributed by atoms with Crippen molar-refractivity contribution in [3.8, 4) is 0 Å². The first-order chi connectivity index (χ1) is 9.06. The zero-order chi connectivity index (χ0) is 13.8. The minimum atomic E-state index is -0.0152. The molecule has 0 aliphatic heterocycles. The van der Waals surface area contributed by atoms with Crippen molar-refractivity contribution in [3.63, 3.8) is 0 Å². The lowest BCUT2D eigenvalue weighted by Gasteiger charge is -2.15. The number of hydrogen-bond donors (Lipinski definition) is 1. The Labute approximate surface area is 113 Å². The summed E-state index contributed by atoms with van der Waals surface area (Å²) in [5, 5.41) is 3.22. The summed E-state index contributed by atoms with van der Waals surface area (Å²) in [6.07, 6.45) is 4.10. The van der Waals surface area contributed by atoms with Crippen molar-refractivity contribution in [2.24, 2.45) is 0 Å².